The summed E-state index contributed by atoms with van der Waals surface area (Å²) < 4.78 is 23.0. The Balaban J connectivity index is 1.89. The van der Waals surface area contributed by atoms with Crippen molar-refractivity contribution in [2.75, 3.05) is 34.5 Å². The van der Waals surface area contributed by atoms with Crippen LogP contribution in [0.1, 0.15) is 45.1 Å². The van der Waals surface area contributed by atoms with E-state index in [2.05, 4.69) is 19.9 Å². The minimum Gasteiger partial charge on any atom is -0.496 e. The fourth-order valence-electron chi connectivity index (χ4n) is 5.16. The monoisotopic (exact) mass is 506 g/mol. The molecular weight excluding hydrogens is 468 g/mol. The Bertz CT molecular complexity index is 1220. The normalized spacial score (nSPS) is 15.2. The number of hydrogen-bond donors (Lipinski definition) is 0. The van der Waals surface area contributed by atoms with Crippen molar-refractivity contribution in [3.63, 3.8) is 0 Å². The maximum atomic E-state index is 13.7. The van der Waals surface area contributed by atoms with Gasteiger partial charge < -0.3 is 23.8 Å². The van der Waals surface area contributed by atoms with Gasteiger partial charge in [-0.25, -0.2) is 4.98 Å². The summed E-state index contributed by atoms with van der Waals surface area (Å²) in [6.07, 6.45) is 3.65. The Labute approximate surface area is 219 Å². The van der Waals surface area contributed by atoms with E-state index in [-0.39, 0.29) is 17.9 Å². The van der Waals surface area contributed by atoms with Crippen LogP contribution >= 0.6 is 0 Å². The maximum Gasteiger partial charge on any atom is 0.226 e. The average molecular weight is 507 g/mol. The summed E-state index contributed by atoms with van der Waals surface area (Å²) in [6, 6.07) is 13.6. The molecule has 0 N–H and O–H groups in total. The van der Waals surface area contributed by atoms with E-state index in [4.69, 9.17) is 23.9 Å². The number of methoxy groups -OCH3 is 3. The molecule has 0 spiro atoms. The van der Waals surface area contributed by atoms with E-state index in [0.29, 0.717) is 30.1 Å². The molecule has 7 heteroatoms. The zero-order chi connectivity index (χ0) is 26.4. The predicted molar refractivity (Wildman–Crippen MR) is 145 cm³/mol. The van der Waals surface area contributed by atoms with E-state index in [9.17, 15) is 4.79 Å². The molecule has 1 atom stereocenters. The highest BCUT2D eigenvalue weighted by molar-refractivity contribution is 5.93. The fraction of sp³-hybridized carbons (Fsp3) is 0.467. The molecule has 0 aliphatic carbocycles. The minimum atomic E-state index is -0.0286. The lowest BCUT2D eigenvalue weighted by Crippen LogP contribution is -2.40. The first-order valence-electron chi connectivity index (χ1n) is 13.1. The molecule has 2 aromatic carbocycles. The molecule has 2 heterocycles. The van der Waals surface area contributed by atoms with Crippen molar-refractivity contribution in [2.45, 2.75) is 52.2 Å². The van der Waals surface area contributed by atoms with E-state index < -0.39 is 0 Å². The van der Waals surface area contributed by atoms with Crippen LogP contribution in [0.4, 0.5) is 0 Å². The number of aromatic nitrogens is 1. The van der Waals surface area contributed by atoms with Gasteiger partial charge in [-0.1, -0.05) is 26.0 Å². The Hall–Kier alpha value is -3.32. The zero-order valence-electron chi connectivity index (χ0n) is 22.6. The Morgan fingerprint density at radius 2 is 1.73 bits per heavy atom. The number of benzene rings is 2. The van der Waals surface area contributed by atoms with Crippen molar-refractivity contribution >= 4 is 16.8 Å². The van der Waals surface area contributed by atoms with Crippen LogP contribution < -0.4 is 14.2 Å². The fourth-order valence-corrected chi connectivity index (χ4v) is 5.16. The molecule has 1 aliphatic rings. The molecule has 1 amide bonds. The first-order valence-corrected chi connectivity index (χ1v) is 13.1. The second kappa shape index (κ2) is 12.3. The number of pyridine rings is 1. The standard InChI is InChI=1S/C30H38N2O5/c1-6-20(7-2)30(33)32(19-22-11-10-16-37-22)18-21-17-24-26(35-4)14-15-27(36-5)29(24)31-28(21)23-12-8-9-13-25(23)34-3/h8-9,12-15,17,20,22H,6-7,10-11,16,18-19H2,1-5H3. The number of ether oxygens (including phenoxy) is 4. The quantitative estimate of drug-likeness (QED) is 0.324. The van der Waals surface area contributed by atoms with Gasteiger partial charge in [0, 0.05) is 36.6 Å². The summed E-state index contributed by atoms with van der Waals surface area (Å²) in [7, 11) is 4.94. The largest absolute Gasteiger partial charge is 0.496 e. The average Bonchev–Trinajstić information content (AvgIpc) is 3.45. The number of carbonyl (C=O) groups excluding carboxylic acids is 1. The Kier molecular flexibility index (Phi) is 8.87. The van der Waals surface area contributed by atoms with Crippen molar-refractivity contribution in [3.8, 4) is 28.5 Å². The van der Waals surface area contributed by atoms with Crippen LogP contribution in [-0.4, -0.2) is 56.4 Å². The first kappa shape index (κ1) is 26.7. The lowest BCUT2D eigenvalue weighted by atomic mass is 9.98. The molecule has 1 saturated heterocycles. The molecule has 37 heavy (non-hydrogen) atoms. The molecule has 0 radical (unpaired) electrons. The maximum absolute atomic E-state index is 13.7. The SMILES string of the molecule is CCC(CC)C(=O)N(Cc1cc2c(OC)ccc(OC)c2nc1-c1ccccc1OC)CC1CCCO1. The number of hydrogen-bond acceptors (Lipinski definition) is 6. The van der Waals surface area contributed by atoms with Gasteiger partial charge >= 0.3 is 0 Å². The third kappa shape index (κ3) is 5.67. The lowest BCUT2D eigenvalue weighted by Gasteiger charge is -2.30. The number of rotatable bonds is 11. The van der Waals surface area contributed by atoms with Gasteiger partial charge in [0.15, 0.2) is 0 Å². The second-order valence-electron chi connectivity index (χ2n) is 9.43. The summed E-state index contributed by atoms with van der Waals surface area (Å²) in [5, 5.41) is 0.836. The van der Waals surface area contributed by atoms with E-state index >= 15 is 0 Å². The first-order chi connectivity index (χ1) is 18.0. The molecule has 0 saturated carbocycles. The summed E-state index contributed by atoms with van der Waals surface area (Å²) in [5.74, 6) is 2.20. The Morgan fingerprint density at radius 3 is 2.38 bits per heavy atom. The smallest absolute Gasteiger partial charge is 0.226 e. The minimum absolute atomic E-state index is 0.0286. The lowest BCUT2D eigenvalue weighted by molar-refractivity contribution is -0.138. The van der Waals surface area contributed by atoms with Gasteiger partial charge in [0.1, 0.15) is 22.8 Å². The third-order valence-electron chi connectivity index (χ3n) is 7.24. The highest BCUT2D eigenvalue weighted by atomic mass is 16.5. The molecule has 198 valence electrons. The van der Waals surface area contributed by atoms with Crippen molar-refractivity contribution in [2.24, 2.45) is 5.92 Å². The van der Waals surface area contributed by atoms with Crippen LogP contribution in [0.3, 0.4) is 0 Å². The second-order valence-corrected chi connectivity index (χ2v) is 9.43. The van der Waals surface area contributed by atoms with Crippen LogP contribution in [0.5, 0.6) is 17.2 Å². The van der Waals surface area contributed by atoms with Gasteiger partial charge in [0.25, 0.3) is 0 Å². The van der Waals surface area contributed by atoms with Gasteiger partial charge in [-0.05, 0) is 61.6 Å². The molecule has 1 fully saturated rings. The van der Waals surface area contributed by atoms with Crippen LogP contribution in [0.25, 0.3) is 22.2 Å². The van der Waals surface area contributed by atoms with E-state index in [0.717, 1.165) is 60.2 Å². The van der Waals surface area contributed by atoms with Crippen LogP contribution in [0.15, 0.2) is 42.5 Å². The molecular formula is C30H38N2O5. The molecule has 1 aliphatic heterocycles. The number of amides is 1. The molecule has 4 rings (SSSR count). The molecule has 1 unspecified atom stereocenters. The topological polar surface area (TPSA) is 70.1 Å². The zero-order valence-corrected chi connectivity index (χ0v) is 22.6. The molecule has 1 aromatic heterocycles. The van der Waals surface area contributed by atoms with E-state index in [1.807, 2.05) is 41.3 Å². The third-order valence-corrected chi connectivity index (χ3v) is 7.24. The van der Waals surface area contributed by atoms with Crippen molar-refractivity contribution in [3.05, 3.63) is 48.0 Å². The summed E-state index contributed by atoms with van der Waals surface area (Å²) in [6.45, 7) is 5.87. The molecule has 0 bridgehead atoms. The van der Waals surface area contributed by atoms with Crippen molar-refractivity contribution in [1.29, 1.82) is 0 Å². The van der Waals surface area contributed by atoms with Crippen molar-refractivity contribution in [1.82, 2.24) is 9.88 Å². The summed E-state index contributed by atoms with van der Waals surface area (Å²) in [4.78, 5) is 20.8. The number of carbonyl (C=O) groups is 1. The van der Waals surface area contributed by atoms with Crippen LogP contribution in [-0.2, 0) is 16.1 Å². The van der Waals surface area contributed by atoms with Gasteiger partial charge in [-0.15, -0.1) is 0 Å². The summed E-state index contributed by atoms with van der Waals surface area (Å²) in [5.41, 5.74) is 3.23. The number of nitrogens with zero attached hydrogens (tertiary/aromatic N) is 2. The van der Waals surface area contributed by atoms with Crippen LogP contribution in [0.2, 0.25) is 0 Å². The van der Waals surface area contributed by atoms with Gasteiger partial charge in [-0.3, -0.25) is 4.79 Å². The predicted octanol–water partition coefficient (Wildman–Crippen LogP) is 5.87. The van der Waals surface area contributed by atoms with Gasteiger partial charge in [0.2, 0.25) is 5.91 Å². The van der Waals surface area contributed by atoms with E-state index in [1.165, 1.54) is 0 Å². The Morgan fingerprint density at radius 1 is 1.03 bits per heavy atom. The van der Waals surface area contributed by atoms with Gasteiger partial charge in [-0.2, -0.15) is 0 Å². The summed E-state index contributed by atoms with van der Waals surface area (Å²) >= 11 is 0. The number of fused-ring (bicyclic) bond motifs is 1. The van der Waals surface area contributed by atoms with Crippen LogP contribution in [0, 0.1) is 5.92 Å². The molecule has 3 aromatic rings. The number of para-hydroxylation sites is 1. The molecule has 7 nitrogen and oxygen atoms in total. The highest BCUT2D eigenvalue weighted by Crippen LogP contribution is 2.39. The van der Waals surface area contributed by atoms with E-state index in [1.54, 1.807) is 21.3 Å². The van der Waals surface area contributed by atoms with Gasteiger partial charge in [0.05, 0.1) is 33.1 Å². The highest BCUT2D eigenvalue weighted by Gasteiger charge is 2.28. The van der Waals surface area contributed by atoms with Crippen molar-refractivity contribution < 1.29 is 23.7 Å².